The van der Waals surface area contributed by atoms with Crippen LogP contribution in [-0.4, -0.2) is 23.1 Å². The predicted molar refractivity (Wildman–Crippen MR) is 66.2 cm³/mol. The molecule has 1 aliphatic rings. The summed E-state index contributed by atoms with van der Waals surface area (Å²) in [6.45, 7) is 9.05. The van der Waals surface area contributed by atoms with Crippen molar-refractivity contribution in [1.29, 1.82) is 0 Å². The van der Waals surface area contributed by atoms with E-state index in [1.54, 1.807) is 12.4 Å². The number of hydrogen-bond acceptors (Lipinski definition) is 4. The Morgan fingerprint density at radius 2 is 2.06 bits per heavy atom. The fraction of sp³-hybridized carbons (Fsp3) is 0.667. The predicted octanol–water partition coefficient (Wildman–Crippen LogP) is 1.93. The van der Waals surface area contributed by atoms with Crippen molar-refractivity contribution in [3.8, 4) is 0 Å². The van der Waals surface area contributed by atoms with E-state index in [9.17, 15) is 0 Å². The summed E-state index contributed by atoms with van der Waals surface area (Å²) in [6.07, 6.45) is 4.62. The van der Waals surface area contributed by atoms with Crippen LogP contribution in [0.3, 0.4) is 0 Å². The molecule has 2 rings (SSSR count). The third-order valence-corrected chi connectivity index (χ3v) is 3.40. The number of nitrogens with zero attached hydrogens (tertiary/aromatic N) is 3. The molecule has 1 aromatic rings. The zero-order valence-electron chi connectivity index (χ0n) is 10.3. The Morgan fingerprint density at radius 1 is 1.31 bits per heavy atom. The summed E-state index contributed by atoms with van der Waals surface area (Å²) in [5.74, 6) is 2.16. The molecule has 2 heterocycles. The molecule has 2 N–H and O–H groups in total. The standard InChI is InChI=1S/C12H20N4/c1-12(2,3)9-4-5-16(8-9)11-7-14-10(13)6-15-11/h6-7,9H,4-5,8H2,1-3H3,(H2,13,14). The second-order valence-electron chi connectivity index (χ2n) is 5.60. The van der Waals surface area contributed by atoms with E-state index in [1.807, 2.05) is 0 Å². The van der Waals surface area contributed by atoms with Gasteiger partial charge in [0.05, 0.1) is 12.4 Å². The molecule has 1 aliphatic heterocycles. The monoisotopic (exact) mass is 220 g/mol. The first kappa shape index (κ1) is 11.2. The van der Waals surface area contributed by atoms with E-state index in [1.165, 1.54) is 6.42 Å². The molecule has 1 atom stereocenters. The smallest absolute Gasteiger partial charge is 0.147 e. The van der Waals surface area contributed by atoms with Gasteiger partial charge in [-0.3, -0.25) is 0 Å². The summed E-state index contributed by atoms with van der Waals surface area (Å²) in [5, 5.41) is 0. The molecule has 0 amide bonds. The van der Waals surface area contributed by atoms with Gasteiger partial charge in [0.15, 0.2) is 0 Å². The molecule has 1 fully saturated rings. The van der Waals surface area contributed by atoms with Gasteiger partial charge in [0.1, 0.15) is 11.6 Å². The van der Waals surface area contributed by atoms with Crippen LogP contribution in [0.1, 0.15) is 27.2 Å². The summed E-state index contributed by atoms with van der Waals surface area (Å²) in [7, 11) is 0. The number of rotatable bonds is 1. The summed E-state index contributed by atoms with van der Waals surface area (Å²) in [6, 6.07) is 0. The van der Waals surface area contributed by atoms with Crippen LogP contribution in [0.2, 0.25) is 0 Å². The molecule has 88 valence electrons. The van der Waals surface area contributed by atoms with Crippen LogP contribution in [0.5, 0.6) is 0 Å². The van der Waals surface area contributed by atoms with E-state index in [4.69, 9.17) is 5.73 Å². The van der Waals surface area contributed by atoms with E-state index in [-0.39, 0.29) is 0 Å². The lowest BCUT2D eigenvalue weighted by Gasteiger charge is -2.27. The average Bonchev–Trinajstić information content (AvgIpc) is 2.67. The Labute approximate surface area is 96.9 Å². The lowest BCUT2D eigenvalue weighted by molar-refractivity contribution is 0.263. The number of hydrogen-bond donors (Lipinski definition) is 1. The zero-order chi connectivity index (χ0) is 11.8. The minimum absolute atomic E-state index is 0.371. The third-order valence-electron chi connectivity index (χ3n) is 3.40. The summed E-state index contributed by atoms with van der Waals surface area (Å²) in [4.78, 5) is 10.7. The highest BCUT2D eigenvalue weighted by Crippen LogP contribution is 2.34. The summed E-state index contributed by atoms with van der Waals surface area (Å²) >= 11 is 0. The van der Waals surface area contributed by atoms with Crippen LogP contribution in [0, 0.1) is 11.3 Å². The molecular formula is C12H20N4. The molecule has 0 aliphatic carbocycles. The molecule has 4 heteroatoms. The van der Waals surface area contributed by atoms with E-state index in [2.05, 4.69) is 35.6 Å². The maximum Gasteiger partial charge on any atom is 0.147 e. The fourth-order valence-electron chi connectivity index (χ4n) is 2.17. The van der Waals surface area contributed by atoms with Crippen LogP contribution in [0.25, 0.3) is 0 Å². The van der Waals surface area contributed by atoms with Crippen molar-refractivity contribution in [2.24, 2.45) is 11.3 Å². The maximum atomic E-state index is 5.53. The Kier molecular flexibility index (Phi) is 2.74. The SMILES string of the molecule is CC(C)(C)C1CCN(c2cnc(N)cn2)C1. The zero-order valence-corrected chi connectivity index (χ0v) is 10.3. The lowest BCUT2D eigenvalue weighted by Crippen LogP contribution is -2.26. The average molecular weight is 220 g/mol. The first-order valence-corrected chi connectivity index (χ1v) is 5.79. The quantitative estimate of drug-likeness (QED) is 0.785. The molecule has 16 heavy (non-hydrogen) atoms. The summed E-state index contributed by atoms with van der Waals surface area (Å²) in [5.41, 5.74) is 5.90. The Hall–Kier alpha value is -1.32. The Balaban J connectivity index is 2.06. The molecule has 1 aromatic heterocycles. The van der Waals surface area contributed by atoms with Gasteiger partial charge in [0, 0.05) is 13.1 Å². The molecular weight excluding hydrogens is 200 g/mol. The minimum atomic E-state index is 0.371. The largest absolute Gasteiger partial charge is 0.382 e. The molecule has 1 saturated heterocycles. The molecule has 0 bridgehead atoms. The van der Waals surface area contributed by atoms with Crippen LogP contribution in [-0.2, 0) is 0 Å². The molecule has 1 unspecified atom stereocenters. The van der Waals surface area contributed by atoms with Crippen LogP contribution < -0.4 is 10.6 Å². The fourth-order valence-corrected chi connectivity index (χ4v) is 2.17. The van der Waals surface area contributed by atoms with E-state index >= 15 is 0 Å². The van der Waals surface area contributed by atoms with Gasteiger partial charge >= 0.3 is 0 Å². The minimum Gasteiger partial charge on any atom is -0.382 e. The van der Waals surface area contributed by atoms with Gasteiger partial charge < -0.3 is 10.6 Å². The van der Waals surface area contributed by atoms with Gasteiger partial charge in [-0.1, -0.05) is 20.8 Å². The van der Waals surface area contributed by atoms with Gasteiger partial charge in [0.2, 0.25) is 0 Å². The first-order chi connectivity index (χ1) is 7.47. The van der Waals surface area contributed by atoms with E-state index < -0.39 is 0 Å². The van der Waals surface area contributed by atoms with Crippen molar-refractivity contribution in [2.75, 3.05) is 23.7 Å². The van der Waals surface area contributed by atoms with E-state index in [0.717, 1.165) is 24.8 Å². The van der Waals surface area contributed by atoms with Crippen LogP contribution in [0.4, 0.5) is 11.6 Å². The van der Waals surface area contributed by atoms with Crippen molar-refractivity contribution >= 4 is 11.6 Å². The van der Waals surface area contributed by atoms with Crippen molar-refractivity contribution in [3.63, 3.8) is 0 Å². The highest BCUT2D eigenvalue weighted by molar-refractivity contribution is 5.40. The summed E-state index contributed by atoms with van der Waals surface area (Å²) < 4.78 is 0. The number of nitrogens with two attached hydrogens (primary N) is 1. The Morgan fingerprint density at radius 3 is 2.56 bits per heavy atom. The molecule has 0 radical (unpaired) electrons. The van der Waals surface area contributed by atoms with Crippen molar-refractivity contribution in [1.82, 2.24) is 9.97 Å². The number of nitrogen functional groups attached to an aromatic ring is 1. The topological polar surface area (TPSA) is 55.0 Å². The van der Waals surface area contributed by atoms with Gasteiger partial charge in [-0.05, 0) is 17.8 Å². The van der Waals surface area contributed by atoms with Gasteiger partial charge in [-0.15, -0.1) is 0 Å². The van der Waals surface area contributed by atoms with Crippen molar-refractivity contribution < 1.29 is 0 Å². The number of aromatic nitrogens is 2. The van der Waals surface area contributed by atoms with E-state index in [0.29, 0.717) is 11.2 Å². The maximum absolute atomic E-state index is 5.53. The third kappa shape index (κ3) is 2.26. The van der Waals surface area contributed by atoms with Gasteiger partial charge in [-0.25, -0.2) is 9.97 Å². The highest BCUT2D eigenvalue weighted by atomic mass is 15.2. The lowest BCUT2D eigenvalue weighted by atomic mass is 9.80. The van der Waals surface area contributed by atoms with Crippen molar-refractivity contribution in [3.05, 3.63) is 12.4 Å². The molecule has 0 spiro atoms. The second-order valence-corrected chi connectivity index (χ2v) is 5.60. The molecule has 0 saturated carbocycles. The highest BCUT2D eigenvalue weighted by Gasteiger charge is 2.32. The van der Waals surface area contributed by atoms with Crippen LogP contribution >= 0.6 is 0 Å². The normalized spacial score (nSPS) is 21.4. The Bertz CT molecular complexity index is 352. The molecule has 0 aromatic carbocycles. The molecule has 4 nitrogen and oxygen atoms in total. The van der Waals surface area contributed by atoms with Gasteiger partial charge in [0.25, 0.3) is 0 Å². The number of anilines is 2. The van der Waals surface area contributed by atoms with Gasteiger partial charge in [-0.2, -0.15) is 0 Å². The second kappa shape index (κ2) is 3.92. The van der Waals surface area contributed by atoms with Crippen LogP contribution in [0.15, 0.2) is 12.4 Å². The first-order valence-electron chi connectivity index (χ1n) is 5.79. The van der Waals surface area contributed by atoms with Crippen molar-refractivity contribution in [2.45, 2.75) is 27.2 Å².